The van der Waals surface area contributed by atoms with Crippen LogP contribution in [0.3, 0.4) is 0 Å². The molecule has 1 aliphatic rings. The highest BCUT2D eigenvalue weighted by Gasteiger charge is 2.33. The maximum Gasteiger partial charge on any atom is 0.416 e. The number of H-pyrrole nitrogens is 1. The van der Waals surface area contributed by atoms with E-state index in [2.05, 4.69) is 15.5 Å². The Hall–Kier alpha value is -2.39. The molecular weight excluding hydrogens is 373 g/mol. The number of rotatable bonds is 8. The highest BCUT2D eigenvalue weighted by atomic mass is 19.4. The molecular formula is C19H23F3N4O2. The molecule has 0 bridgehead atoms. The number of carboxylic acids is 1. The van der Waals surface area contributed by atoms with Crippen LogP contribution in [0.5, 0.6) is 0 Å². The second kappa shape index (κ2) is 8.32. The SMILES string of the molecule is CCN(CC(=O)O)C1CC(NCc2cn[nH]c2-c2ccc(C(F)(F)F)cc2)C1. The molecule has 1 aromatic carbocycles. The quantitative estimate of drug-likeness (QED) is 0.639. The van der Waals surface area contributed by atoms with Gasteiger partial charge in [0.1, 0.15) is 0 Å². The summed E-state index contributed by atoms with van der Waals surface area (Å²) < 4.78 is 38.1. The zero-order valence-corrected chi connectivity index (χ0v) is 15.5. The van der Waals surface area contributed by atoms with Crippen LogP contribution in [0.25, 0.3) is 11.3 Å². The Bertz CT molecular complexity index is 798. The number of aromatic amines is 1. The molecule has 0 amide bonds. The lowest BCUT2D eigenvalue weighted by Crippen LogP contribution is -2.53. The number of alkyl halides is 3. The molecule has 6 nitrogen and oxygen atoms in total. The summed E-state index contributed by atoms with van der Waals surface area (Å²) in [5.41, 5.74) is 1.53. The highest BCUT2D eigenvalue weighted by Crippen LogP contribution is 2.31. The van der Waals surface area contributed by atoms with E-state index in [0.29, 0.717) is 24.3 Å². The molecule has 28 heavy (non-hydrogen) atoms. The van der Waals surface area contributed by atoms with Crippen molar-refractivity contribution in [2.75, 3.05) is 13.1 Å². The fourth-order valence-electron chi connectivity index (χ4n) is 3.50. The van der Waals surface area contributed by atoms with Crippen LogP contribution in [0.2, 0.25) is 0 Å². The Kier molecular flexibility index (Phi) is 6.04. The van der Waals surface area contributed by atoms with Crippen molar-refractivity contribution in [2.45, 2.75) is 44.6 Å². The molecule has 1 saturated carbocycles. The Balaban J connectivity index is 1.55. The van der Waals surface area contributed by atoms with Crippen LogP contribution in [0.4, 0.5) is 13.2 Å². The van der Waals surface area contributed by atoms with E-state index in [9.17, 15) is 18.0 Å². The Morgan fingerprint density at radius 1 is 1.32 bits per heavy atom. The summed E-state index contributed by atoms with van der Waals surface area (Å²) in [5, 5.41) is 19.2. The number of hydrogen-bond donors (Lipinski definition) is 3. The van der Waals surface area contributed by atoms with Crippen molar-refractivity contribution < 1.29 is 23.1 Å². The van der Waals surface area contributed by atoms with Gasteiger partial charge < -0.3 is 10.4 Å². The van der Waals surface area contributed by atoms with Crippen LogP contribution in [0.1, 0.15) is 30.9 Å². The summed E-state index contributed by atoms with van der Waals surface area (Å²) >= 11 is 0. The maximum absolute atomic E-state index is 12.7. The van der Waals surface area contributed by atoms with Crippen molar-refractivity contribution in [2.24, 2.45) is 0 Å². The van der Waals surface area contributed by atoms with E-state index in [1.165, 1.54) is 12.1 Å². The number of halogens is 3. The van der Waals surface area contributed by atoms with Gasteiger partial charge in [-0.3, -0.25) is 14.8 Å². The van der Waals surface area contributed by atoms with Crippen LogP contribution >= 0.6 is 0 Å². The van der Waals surface area contributed by atoms with Crippen molar-refractivity contribution in [3.63, 3.8) is 0 Å². The lowest BCUT2D eigenvalue weighted by Gasteiger charge is -2.42. The standard InChI is InChI=1S/C19H23F3N4O2/c1-2-26(11-17(27)28)16-7-15(8-16)23-9-13-10-24-25-18(13)12-3-5-14(6-4-12)19(20,21)22/h3-6,10,15-16,23H,2,7-9,11H2,1H3,(H,24,25)(H,27,28). The average Bonchev–Trinajstić information content (AvgIpc) is 3.06. The van der Waals surface area contributed by atoms with E-state index < -0.39 is 17.7 Å². The maximum atomic E-state index is 12.7. The second-order valence-corrected chi connectivity index (χ2v) is 7.01. The van der Waals surface area contributed by atoms with E-state index in [1.54, 1.807) is 6.20 Å². The van der Waals surface area contributed by atoms with Gasteiger partial charge in [-0.25, -0.2) is 0 Å². The first kappa shape index (κ1) is 20.3. The number of nitrogens with zero attached hydrogens (tertiary/aromatic N) is 2. The fourth-order valence-corrected chi connectivity index (χ4v) is 3.50. The Morgan fingerprint density at radius 2 is 2.00 bits per heavy atom. The summed E-state index contributed by atoms with van der Waals surface area (Å²) in [6.07, 6.45) is -0.952. The van der Waals surface area contributed by atoms with Gasteiger partial charge in [0.2, 0.25) is 0 Å². The van der Waals surface area contributed by atoms with Gasteiger partial charge in [0.05, 0.1) is 24.0 Å². The molecule has 0 unspecified atom stereocenters. The van der Waals surface area contributed by atoms with Gasteiger partial charge in [-0.05, 0) is 37.1 Å². The van der Waals surface area contributed by atoms with Gasteiger partial charge in [-0.2, -0.15) is 18.3 Å². The van der Waals surface area contributed by atoms with E-state index in [0.717, 1.165) is 30.5 Å². The number of nitrogens with one attached hydrogen (secondary N) is 2. The van der Waals surface area contributed by atoms with E-state index in [-0.39, 0.29) is 18.6 Å². The number of hydrogen-bond acceptors (Lipinski definition) is 4. The van der Waals surface area contributed by atoms with Crippen LogP contribution in [0, 0.1) is 0 Å². The van der Waals surface area contributed by atoms with Gasteiger partial charge in [0.15, 0.2) is 0 Å². The lowest BCUT2D eigenvalue weighted by atomic mass is 9.85. The average molecular weight is 396 g/mol. The summed E-state index contributed by atoms with van der Waals surface area (Å²) in [7, 11) is 0. The van der Waals surface area contributed by atoms with Gasteiger partial charge >= 0.3 is 12.1 Å². The molecule has 0 aliphatic heterocycles. The van der Waals surface area contributed by atoms with Crippen LogP contribution in [0.15, 0.2) is 30.5 Å². The molecule has 3 rings (SSSR count). The molecule has 1 aliphatic carbocycles. The number of aliphatic carboxylic acids is 1. The molecule has 1 aromatic heterocycles. The van der Waals surface area contributed by atoms with Crippen molar-refractivity contribution >= 4 is 5.97 Å². The second-order valence-electron chi connectivity index (χ2n) is 7.01. The monoisotopic (exact) mass is 396 g/mol. The minimum absolute atomic E-state index is 0.0493. The number of aromatic nitrogens is 2. The molecule has 0 radical (unpaired) electrons. The van der Waals surface area contributed by atoms with Gasteiger partial charge in [-0.15, -0.1) is 0 Å². The van der Waals surface area contributed by atoms with Crippen molar-refractivity contribution in [1.82, 2.24) is 20.4 Å². The molecule has 0 spiro atoms. The van der Waals surface area contributed by atoms with Gasteiger partial charge in [0, 0.05) is 24.2 Å². The van der Waals surface area contributed by atoms with Crippen LogP contribution in [-0.2, 0) is 17.5 Å². The topological polar surface area (TPSA) is 81.2 Å². The molecule has 0 saturated heterocycles. The van der Waals surface area contributed by atoms with Crippen LogP contribution < -0.4 is 5.32 Å². The smallest absolute Gasteiger partial charge is 0.416 e. The lowest BCUT2D eigenvalue weighted by molar-refractivity contribution is -0.139. The Labute approximate surface area is 160 Å². The van der Waals surface area contributed by atoms with E-state index in [4.69, 9.17) is 5.11 Å². The normalized spacial score (nSPS) is 19.6. The van der Waals surface area contributed by atoms with E-state index >= 15 is 0 Å². The number of likely N-dealkylation sites (N-methyl/N-ethyl adjacent to an activating group) is 1. The minimum Gasteiger partial charge on any atom is -0.480 e. The molecule has 1 heterocycles. The third-order valence-electron chi connectivity index (χ3n) is 5.17. The highest BCUT2D eigenvalue weighted by molar-refractivity contribution is 5.69. The molecule has 9 heteroatoms. The summed E-state index contributed by atoms with van der Waals surface area (Å²) in [6.45, 7) is 3.23. The first-order chi connectivity index (χ1) is 13.3. The van der Waals surface area contributed by atoms with Crippen molar-refractivity contribution in [1.29, 1.82) is 0 Å². The zero-order valence-electron chi connectivity index (χ0n) is 15.5. The first-order valence-corrected chi connectivity index (χ1v) is 9.17. The third-order valence-corrected chi connectivity index (χ3v) is 5.17. The van der Waals surface area contributed by atoms with Gasteiger partial charge in [-0.1, -0.05) is 19.1 Å². The van der Waals surface area contributed by atoms with Crippen molar-refractivity contribution in [3.8, 4) is 11.3 Å². The first-order valence-electron chi connectivity index (χ1n) is 9.17. The predicted octanol–water partition coefficient (Wildman–Crippen LogP) is 3.12. The number of carboxylic acid groups (broad SMARTS) is 1. The fraction of sp³-hybridized carbons (Fsp3) is 0.474. The predicted molar refractivity (Wildman–Crippen MR) is 97.6 cm³/mol. The largest absolute Gasteiger partial charge is 0.480 e. The summed E-state index contributed by atoms with van der Waals surface area (Å²) in [6, 6.07) is 5.53. The van der Waals surface area contributed by atoms with E-state index in [1.807, 2.05) is 11.8 Å². The third kappa shape index (κ3) is 4.71. The zero-order chi connectivity index (χ0) is 20.3. The summed E-state index contributed by atoms with van der Waals surface area (Å²) in [5.74, 6) is -0.821. The number of carbonyl (C=O) groups is 1. The minimum atomic E-state index is -4.36. The Morgan fingerprint density at radius 3 is 2.57 bits per heavy atom. The molecule has 152 valence electrons. The summed E-state index contributed by atoms with van der Waals surface area (Å²) in [4.78, 5) is 12.8. The van der Waals surface area contributed by atoms with Crippen LogP contribution in [-0.4, -0.2) is 51.3 Å². The van der Waals surface area contributed by atoms with Crippen molar-refractivity contribution in [3.05, 3.63) is 41.6 Å². The van der Waals surface area contributed by atoms with Gasteiger partial charge in [0.25, 0.3) is 0 Å². The molecule has 1 fully saturated rings. The number of benzene rings is 1. The molecule has 2 aromatic rings. The molecule has 3 N–H and O–H groups in total. The molecule has 0 atom stereocenters.